The van der Waals surface area contributed by atoms with Crippen molar-refractivity contribution >= 4 is 29.4 Å². The summed E-state index contributed by atoms with van der Waals surface area (Å²) in [6.45, 7) is 3.69. The number of anilines is 1. The number of thioether (sulfide) groups is 1. The van der Waals surface area contributed by atoms with Crippen LogP contribution in [0.2, 0.25) is 0 Å². The quantitative estimate of drug-likeness (QED) is 0.705. The normalized spacial score (nSPS) is 13.3. The van der Waals surface area contributed by atoms with Crippen LogP contribution in [0.4, 0.5) is 10.5 Å². The number of carboxylic acids is 1. The zero-order chi connectivity index (χ0) is 15.1. The van der Waals surface area contributed by atoms with E-state index in [1.165, 1.54) is 0 Å². The number of hydrogen-bond donors (Lipinski definition) is 3. The number of carboxylic acid groups (broad SMARTS) is 1. The van der Waals surface area contributed by atoms with Crippen LogP contribution in [0.25, 0.3) is 0 Å². The number of benzene rings is 1. The van der Waals surface area contributed by atoms with Gasteiger partial charge in [-0.05, 0) is 36.4 Å². The predicted molar refractivity (Wildman–Crippen MR) is 81.3 cm³/mol. The molecule has 110 valence electrons. The molecule has 20 heavy (non-hydrogen) atoms. The molecular formula is C14H20N2O3S. The molecule has 0 unspecified atom stereocenters. The summed E-state index contributed by atoms with van der Waals surface area (Å²) in [4.78, 5) is 24.0. The van der Waals surface area contributed by atoms with E-state index in [1.54, 1.807) is 30.8 Å². The molecule has 2 amide bonds. The summed E-state index contributed by atoms with van der Waals surface area (Å²) in [5.41, 5.74) is 0.633. The lowest BCUT2D eigenvalue weighted by Gasteiger charge is -2.20. The average molecular weight is 296 g/mol. The Bertz CT molecular complexity index is 462. The summed E-state index contributed by atoms with van der Waals surface area (Å²) >= 11 is 1.61. The highest BCUT2D eigenvalue weighted by Gasteiger charge is 2.25. The first-order chi connectivity index (χ1) is 9.47. The van der Waals surface area contributed by atoms with Crippen LogP contribution in [0.1, 0.15) is 20.3 Å². The first-order valence-electron chi connectivity index (χ1n) is 6.42. The topological polar surface area (TPSA) is 78.4 Å². The van der Waals surface area contributed by atoms with E-state index in [2.05, 4.69) is 10.6 Å². The van der Waals surface area contributed by atoms with Gasteiger partial charge in [-0.1, -0.05) is 20.3 Å². The number of amides is 2. The van der Waals surface area contributed by atoms with Crippen molar-refractivity contribution in [2.75, 3.05) is 11.6 Å². The third-order valence-electron chi connectivity index (χ3n) is 3.11. The van der Waals surface area contributed by atoms with Crippen LogP contribution >= 0.6 is 11.8 Å². The third-order valence-corrected chi connectivity index (χ3v) is 3.86. The van der Waals surface area contributed by atoms with Crippen LogP contribution in [-0.2, 0) is 4.79 Å². The number of nitrogens with one attached hydrogen (secondary N) is 2. The summed E-state index contributed by atoms with van der Waals surface area (Å²) in [7, 11) is 0. The standard InChI is InChI=1S/C14H20N2O3S/c1-4-9(2)12(13(17)18)16-14(19)15-10-5-7-11(20-3)8-6-10/h5-9,12H,4H2,1-3H3,(H,17,18)(H2,15,16,19)/t9-,12-/m0/s1. The van der Waals surface area contributed by atoms with Gasteiger partial charge in [0, 0.05) is 10.6 Å². The highest BCUT2D eigenvalue weighted by Crippen LogP contribution is 2.17. The van der Waals surface area contributed by atoms with Crippen LogP contribution in [0.3, 0.4) is 0 Å². The number of carbonyl (C=O) groups is 2. The van der Waals surface area contributed by atoms with Crippen molar-refractivity contribution < 1.29 is 14.7 Å². The molecule has 0 aromatic heterocycles. The van der Waals surface area contributed by atoms with Gasteiger partial charge in [0.15, 0.2) is 0 Å². The van der Waals surface area contributed by atoms with Crippen molar-refractivity contribution in [3.8, 4) is 0 Å². The fourth-order valence-corrected chi connectivity index (χ4v) is 2.07. The average Bonchev–Trinajstić information content (AvgIpc) is 2.44. The van der Waals surface area contributed by atoms with Crippen LogP contribution in [0.15, 0.2) is 29.2 Å². The molecule has 6 heteroatoms. The minimum Gasteiger partial charge on any atom is -0.480 e. The summed E-state index contributed by atoms with van der Waals surface area (Å²) in [5.74, 6) is -1.15. The molecule has 3 N–H and O–H groups in total. The maximum atomic E-state index is 11.8. The predicted octanol–water partition coefficient (Wildman–Crippen LogP) is 3.03. The monoisotopic (exact) mass is 296 g/mol. The van der Waals surface area contributed by atoms with E-state index < -0.39 is 18.0 Å². The van der Waals surface area contributed by atoms with Crippen molar-refractivity contribution in [2.45, 2.75) is 31.2 Å². The SMILES string of the molecule is CC[C@H](C)[C@H](NC(=O)Nc1ccc(SC)cc1)C(=O)O. The van der Waals surface area contributed by atoms with Gasteiger partial charge in [-0.3, -0.25) is 0 Å². The molecule has 1 aromatic rings. The van der Waals surface area contributed by atoms with E-state index in [4.69, 9.17) is 5.11 Å². The zero-order valence-corrected chi connectivity index (χ0v) is 12.7. The Kier molecular flexibility index (Phi) is 6.38. The minimum absolute atomic E-state index is 0.128. The van der Waals surface area contributed by atoms with Gasteiger partial charge in [-0.2, -0.15) is 0 Å². The Morgan fingerprint density at radius 1 is 1.30 bits per heavy atom. The molecule has 0 fully saturated rings. The smallest absolute Gasteiger partial charge is 0.326 e. The Balaban J connectivity index is 2.63. The highest BCUT2D eigenvalue weighted by molar-refractivity contribution is 7.98. The van der Waals surface area contributed by atoms with Crippen LogP contribution in [0, 0.1) is 5.92 Å². The molecule has 0 heterocycles. The van der Waals surface area contributed by atoms with Gasteiger partial charge in [0.1, 0.15) is 6.04 Å². The lowest BCUT2D eigenvalue weighted by molar-refractivity contribution is -0.140. The van der Waals surface area contributed by atoms with Gasteiger partial charge in [0.2, 0.25) is 0 Å². The van der Waals surface area contributed by atoms with Crippen molar-refractivity contribution in [2.24, 2.45) is 5.92 Å². The van der Waals surface area contributed by atoms with Crippen molar-refractivity contribution in [1.82, 2.24) is 5.32 Å². The molecule has 0 aliphatic heterocycles. The lowest BCUT2D eigenvalue weighted by Crippen LogP contribution is -2.46. The van der Waals surface area contributed by atoms with E-state index in [0.717, 1.165) is 4.90 Å². The van der Waals surface area contributed by atoms with Crippen molar-refractivity contribution in [1.29, 1.82) is 0 Å². The molecule has 5 nitrogen and oxygen atoms in total. The number of carbonyl (C=O) groups excluding carboxylic acids is 1. The minimum atomic E-state index is -1.02. The molecule has 0 bridgehead atoms. The Labute approximate surface area is 123 Å². The second kappa shape index (κ2) is 7.79. The summed E-state index contributed by atoms with van der Waals surface area (Å²) in [6.07, 6.45) is 2.65. The number of urea groups is 1. The summed E-state index contributed by atoms with van der Waals surface area (Å²) in [6, 6.07) is 5.96. The van der Waals surface area contributed by atoms with Crippen LogP contribution in [-0.4, -0.2) is 29.4 Å². The maximum Gasteiger partial charge on any atom is 0.326 e. The molecule has 1 rings (SSSR count). The molecule has 0 saturated heterocycles. The van der Waals surface area contributed by atoms with Gasteiger partial charge in [-0.25, -0.2) is 9.59 Å². The van der Waals surface area contributed by atoms with Gasteiger partial charge < -0.3 is 15.7 Å². The highest BCUT2D eigenvalue weighted by atomic mass is 32.2. The van der Waals surface area contributed by atoms with Gasteiger partial charge in [-0.15, -0.1) is 11.8 Å². The van der Waals surface area contributed by atoms with Crippen molar-refractivity contribution in [3.63, 3.8) is 0 Å². The van der Waals surface area contributed by atoms with E-state index in [0.29, 0.717) is 12.1 Å². The Morgan fingerprint density at radius 3 is 2.35 bits per heavy atom. The molecule has 2 atom stereocenters. The van der Waals surface area contributed by atoms with Crippen molar-refractivity contribution in [3.05, 3.63) is 24.3 Å². The first-order valence-corrected chi connectivity index (χ1v) is 7.64. The van der Waals surface area contributed by atoms with Gasteiger partial charge >= 0.3 is 12.0 Å². The Hall–Kier alpha value is -1.69. The second-order valence-corrected chi connectivity index (χ2v) is 5.41. The molecule has 0 saturated carbocycles. The van der Waals surface area contributed by atoms with Gasteiger partial charge in [0.05, 0.1) is 0 Å². The van der Waals surface area contributed by atoms with E-state index in [1.807, 2.05) is 25.3 Å². The zero-order valence-electron chi connectivity index (χ0n) is 11.8. The molecule has 0 radical (unpaired) electrons. The molecule has 0 aliphatic rings. The Morgan fingerprint density at radius 2 is 1.90 bits per heavy atom. The lowest BCUT2D eigenvalue weighted by atomic mass is 9.99. The number of rotatable bonds is 6. The fraction of sp³-hybridized carbons (Fsp3) is 0.429. The third kappa shape index (κ3) is 4.77. The number of hydrogen-bond acceptors (Lipinski definition) is 3. The van der Waals surface area contributed by atoms with E-state index in [9.17, 15) is 9.59 Å². The largest absolute Gasteiger partial charge is 0.480 e. The van der Waals surface area contributed by atoms with Crippen LogP contribution in [0.5, 0.6) is 0 Å². The van der Waals surface area contributed by atoms with E-state index in [-0.39, 0.29) is 5.92 Å². The molecule has 0 spiro atoms. The molecule has 0 aliphatic carbocycles. The second-order valence-electron chi connectivity index (χ2n) is 4.53. The summed E-state index contributed by atoms with van der Waals surface area (Å²) in [5, 5.41) is 14.2. The molecule has 1 aromatic carbocycles. The first kappa shape index (κ1) is 16.4. The van der Waals surface area contributed by atoms with E-state index >= 15 is 0 Å². The summed E-state index contributed by atoms with van der Waals surface area (Å²) < 4.78 is 0. The van der Waals surface area contributed by atoms with Gasteiger partial charge in [0.25, 0.3) is 0 Å². The van der Waals surface area contributed by atoms with Crippen LogP contribution < -0.4 is 10.6 Å². The molecular weight excluding hydrogens is 276 g/mol. The fourth-order valence-electron chi connectivity index (χ4n) is 1.67. The number of aliphatic carboxylic acids is 1. The maximum absolute atomic E-state index is 11.8.